The average Bonchev–Trinajstić information content (AvgIpc) is 3.23. The number of halogens is 1. The first-order valence-electron chi connectivity index (χ1n) is 9.22. The van der Waals surface area contributed by atoms with Crippen LogP contribution in [0.1, 0.15) is 11.1 Å². The van der Waals surface area contributed by atoms with E-state index in [2.05, 4.69) is 16.0 Å². The topological polar surface area (TPSA) is 86.8 Å². The van der Waals surface area contributed by atoms with Gasteiger partial charge in [-0.3, -0.25) is 4.79 Å². The summed E-state index contributed by atoms with van der Waals surface area (Å²) in [6.07, 6.45) is 6.97. The molecule has 0 amide bonds. The summed E-state index contributed by atoms with van der Waals surface area (Å²) >= 11 is 6.47. The van der Waals surface area contributed by atoms with Gasteiger partial charge in [-0.25, -0.2) is 9.97 Å². The number of aromatic amines is 1. The van der Waals surface area contributed by atoms with Crippen LogP contribution in [0.3, 0.4) is 0 Å². The molecule has 1 N–H and O–H groups in total. The minimum absolute atomic E-state index is 0.124. The molecule has 6 nitrogen and oxygen atoms in total. The molecule has 0 unspecified atom stereocenters. The van der Waals surface area contributed by atoms with Gasteiger partial charge in [0.25, 0.3) is 0 Å². The molecule has 0 radical (unpaired) electrons. The number of H-pyrrole nitrogens is 1. The molecular weight excluding hydrogens is 398 g/mol. The van der Waals surface area contributed by atoms with E-state index in [1.54, 1.807) is 18.5 Å². The summed E-state index contributed by atoms with van der Waals surface area (Å²) in [7, 11) is 0. The van der Waals surface area contributed by atoms with Crippen LogP contribution in [-0.2, 0) is 0 Å². The number of fused-ring (bicyclic) bond motifs is 2. The Kier molecular flexibility index (Phi) is 4.12. The van der Waals surface area contributed by atoms with E-state index in [0.29, 0.717) is 33.0 Å². The van der Waals surface area contributed by atoms with Crippen LogP contribution in [0.25, 0.3) is 39.1 Å². The van der Waals surface area contributed by atoms with Crippen molar-refractivity contribution >= 4 is 28.3 Å². The van der Waals surface area contributed by atoms with Crippen molar-refractivity contribution in [2.75, 3.05) is 0 Å². The molecule has 30 heavy (non-hydrogen) atoms. The Hall–Kier alpha value is -3.95. The van der Waals surface area contributed by atoms with E-state index in [0.717, 1.165) is 22.3 Å². The summed E-state index contributed by atoms with van der Waals surface area (Å²) in [5, 5.41) is 10.4. The fourth-order valence-corrected chi connectivity index (χ4v) is 3.94. The molecule has 0 bridgehead atoms. The van der Waals surface area contributed by atoms with Crippen LogP contribution < -0.4 is 5.43 Å². The van der Waals surface area contributed by atoms with Gasteiger partial charge < -0.3 is 9.38 Å². The number of rotatable bonds is 2. The van der Waals surface area contributed by atoms with Gasteiger partial charge in [0.2, 0.25) is 0 Å². The molecule has 0 saturated carbocycles. The molecule has 4 aromatic heterocycles. The van der Waals surface area contributed by atoms with Crippen molar-refractivity contribution in [1.82, 2.24) is 19.4 Å². The minimum Gasteiger partial charge on any atom is -0.346 e. The maximum atomic E-state index is 12.5. The lowest BCUT2D eigenvalue weighted by atomic mass is 9.94. The lowest BCUT2D eigenvalue weighted by Gasteiger charge is -2.14. The van der Waals surface area contributed by atoms with E-state index in [9.17, 15) is 10.1 Å². The predicted octanol–water partition coefficient (Wildman–Crippen LogP) is 4.74. The third kappa shape index (κ3) is 2.76. The Morgan fingerprint density at radius 1 is 1.20 bits per heavy atom. The van der Waals surface area contributed by atoms with Crippen LogP contribution in [0, 0.1) is 18.3 Å². The van der Waals surface area contributed by atoms with Gasteiger partial charge in [0.05, 0.1) is 27.7 Å². The summed E-state index contributed by atoms with van der Waals surface area (Å²) < 4.78 is 1.83. The summed E-state index contributed by atoms with van der Waals surface area (Å²) in [6, 6.07) is 12.9. The van der Waals surface area contributed by atoms with E-state index >= 15 is 0 Å². The van der Waals surface area contributed by atoms with Gasteiger partial charge >= 0.3 is 0 Å². The first kappa shape index (κ1) is 18.1. The van der Waals surface area contributed by atoms with E-state index in [-0.39, 0.29) is 5.43 Å². The largest absolute Gasteiger partial charge is 0.346 e. The van der Waals surface area contributed by atoms with E-state index in [1.807, 2.05) is 48.0 Å². The molecule has 0 aliphatic heterocycles. The normalized spacial score (nSPS) is 11.1. The average molecular weight is 412 g/mol. The molecule has 0 atom stereocenters. The van der Waals surface area contributed by atoms with E-state index in [4.69, 9.17) is 16.6 Å². The third-order valence-electron chi connectivity index (χ3n) is 5.21. The maximum absolute atomic E-state index is 12.5. The number of hydrogen-bond acceptors (Lipinski definition) is 4. The molecule has 5 aromatic rings. The quantitative estimate of drug-likeness (QED) is 0.454. The summed E-state index contributed by atoms with van der Waals surface area (Å²) in [5.74, 6) is 0. The van der Waals surface area contributed by atoms with E-state index < -0.39 is 0 Å². The Bertz CT molecular complexity index is 1560. The highest BCUT2D eigenvalue weighted by Gasteiger charge is 2.17. The van der Waals surface area contributed by atoms with Crippen LogP contribution >= 0.6 is 11.6 Å². The highest BCUT2D eigenvalue weighted by molar-refractivity contribution is 6.33. The van der Waals surface area contributed by atoms with Gasteiger partial charge in [0, 0.05) is 47.5 Å². The molecular formula is C23H14ClN5O. The minimum atomic E-state index is -0.124. The zero-order valence-corrected chi connectivity index (χ0v) is 16.6. The summed E-state index contributed by atoms with van der Waals surface area (Å²) in [4.78, 5) is 24.6. The van der Waals surface area contributed by atoms with Crippen molar-refractivity contribution in [2.45, 2.75) is 6.92 Å². The number of nitrogens with one attached hydrogen (secondary N) is 1. The van der Waals surface area contributed by atoms with Crippen molar-refractivity contribution in [2.24, 2.45) is 0 Å². The van der Waals surface area contributed by atoms with Crippen LogP contribution in [0.15, 0.2) is 66.0 Å². The Balaban J connectivity index is 1.90. The molecule has 4 heterocycles. The third-order valence-corrected chi connectivity index (χ3v) is 5.48. The number of imidazole rings is 1. The van der Waals surface area contributed by atoms with Gasteiger partial charge in [0.1, 0.15) is 5.65 Å². The number of benzene rings is 1. The van der Waals surface area contributed by atoms with Crippen LogP contribution in [-0.4, -0.2) is 19.4 Å². The first-order chi connectivity index (χ1) is 14.6. The molecule has 5 rings (SSSR count). The Morgan fingerprint density at radius 2 is 2.07 bits per heavy atom. The van der Waals surface area contributed by atoms with Crippen molar-refractivity contribution < 1.29 is 0 Å². The predicted molar refractivity (Wildman–Crippen MR) is 116 cm³/mol. The lowest BCUT2D eigenvalue weighted by molar-refractivity contribution is 1.18. The first-order valence-corrected chi connectivity index (χ1v) is 9.60. The Labute approximate surface area is 176 Å². The molecule has 0 aliphatic rings. The monoisotopic (exact) mass is 411 g/mol. The van der Waals surface area contributed by atoms with Crippen molar-refractivity contribution in [3.63, 3.8) is 0 Å². The molecule has 0 fully saturated rings. The van der Waals surface area contributed by atoms with Crippen molar-refractivity contribution in [3.05, 3.63) is 87.6 Å². The molecule has 0 aliphatic carbocycles. The van der Waals surface area contributed by atoms with Crippen molar-refractivity contribution in [1.29, 1.82) is 5.26 Å². The second kappa shape index (κ2) is 6.83. The van der Waals surface area contributed by atoms with Gasteiger partial charge in [-0.2, -0.15) is 5.26 Å². The van der Waals surface area contributed by atoms with E-state index in [1.165, 1.54) is 6.07 Å². The zero-order valence-electron chi connectivity index (χ0n) is 15.8. The van der Waals surface area contributed by atoms with Crippen molar-refractivity contribution in [3.8, 4) is 28.5 Å². The second-order valence-electron chi connectivity index (χ2n) is 6.95. The van der Waals surface area contributed by atoms with Gasteiger partial charge in [-0.05, 0) is 30.7 Å². The maximum Gasteiger partial charge on any atom is 0.191 e. The fraction of sp³-hybridized carbons (Fsp3) is 0.0435. The molecule has 0 spiro atoms. The number of pyridine rings is 3. The smallest absolute Gasteiger partial charge is 0.191 e. The molecule has 1 aromatic carbocycles. The molecule has 0 saturated heterocycles. The summed E-state index contributed by atoms with van der Waals surface area (Å²) in [5.41, 5.74) is 5.42. The molecule has 144 valence electrons. The number of hydrogen-bond donors (Lipinski definition) is 1. The standard InChI is InChI=1S/C23H14ClN5O/c1-13-14(11-25)3-2-4-16(13)21-17(10-18-20(30)5-6-26-22(18)28-21)15-9-19(24)23-27-7-8-29(23)12-15/h2-10,12H,1H3,(H,26,28,30). The number of aromatic nitrogens is 4. The van der Waals surface area contributed by atoms with Gasteiger partial charge in [-0.15, -0.1) is 0 Å². The summed E-state index contributed by atoms with van der Waals surface area (Å²) in [6.45, 7) is 1.89. The molecule has 7 heteroatoms. The van der Waals surface area contributed by atoms with Crippen LogP contribution in [0.2, 0.25) is 5.02 Å². The second-order valence-corrected chi connectivity index (χ2v) is 7.35. The van der Waals surface area contributed by atoms with Crippen LogP contribution in [0.5, 0.6) is 0 Å². The highest BCUT2D eigenvalue weighted by Crippen LogP contribution is 2.36. The Morgan fingerprint density at radius 3 is 2.90 bits per heavy atom. The fourth-order valence-electron chi connectivity index (χ4n) is 3.67. The number of nitrogens with zero attached hydrogens (tertiary/aromatic N) is 4. The highest BCUT2D eigenvalue weighted by atomic mass is 35.5. The number of nitriles is 1. The van der Waals surface area contributed by atoms with Gasteiger partial charge in [0.15, 0.2) is 11.1 Å². The van der Waals surface area contributed by atoms with Gasteiger partial charge in [-0.1, -0.05) is 23.7 Å². The zero-order chi connectivity index (χ0) is 20.8. The SMILES string of the molecule is Cc1c(C#N)cccc1-c1nc2[nH]ccc(=O)c2cc1-c1cc(Cl)c2nccn2c1. The van der Waals surface area contributed by atoms with Crippen LogP contribution in [0.4, 0.5) is 0 Å². The lowest BCUT2D eigenvalue weighted by Crippen LogP contribution is -2.04.